The lowest BCUT2D eigenvalue weighted by Gasteiger charge is -2.25. The number of hydrogen-bond acceptors (Lipinski definition) is 3. The van der Waals surface area contributed by atoms with Crippen LogP contribution in [0.1, 0.15) is 27.2 Å². The van der Waals surface area contributed by atoms with E-state index in [1.165, 1.54) is 0 Å². The molecule has 0 fully saturated rings. The summed E-state index contributed by atoms with van der Waals surface area (Å²) in [7, 11) is 0. The summed E-state index contributed by atoms with van der Waals surface area (Å²) in [6, 6.07) is 9.48. The van der Waals surface area contributed by atoms with Crippen molar-refractivity contribution in [3.8, 4) is 0 Å². The Morgan fingerprint density at radius 1 is 1.19 bits per heavy atom. The van der Waals surface area contributed by atoms with Gasteiger partial charge < -0.3 is 15.3 Å². The van der Waals surface area contributed by atoms with E-state index in [1.807, 2.05) is 51.1 Å². The van der Waals surface area contributed by atoms with Crippen molar-refractivity contribution in [3.63, 3.8) is 0 Å². The monoisotopic (exact) mass is 292 g/mol. The van der Waals surface area contributed by atoms with E-state index < -0.39 is 5.97 Å². The SMILES string of the molecule is CC(C)C(C)NC(=O)CN(CCC(=O)O)c1ccccc1. The number of carbonyl (C=O) groups is 2. The summed E-state index contributed by atoms with van der Waals surface area (Å²) in [6.45, 7) is 6.53. The molecular weight excluding hydrogens is 268 g/mol. The lowest BCUT2D eigenvalue weighted by Crippen LogP contribution is -2.43. The minimum Gasteiger partial charge on any atom is -0.481 e. The Balaban J connectivity index is 2.69. The first-order chi connectivity index (χ1) is 9.90. The highest BCUT2D eigenvalue weighted by Crippen LogP contribution is 2.13. The number of rotatable bonds is 8. The van der Waals surface area contributed by atoms with Crippen LogP contribution in [-0.2, 0) is 9.59 Å². The molecule has 0 saturated heterocycles. The first kappa shape index (κ1) is 17.0. The molecule has 0 aromatic heterocycles. The standard InChI is InChI=1S/C16H24N2O3/c1-12(2)13(3)17-15(19)11-18(10-9-16(20)21)14-7-5-4-6-8-14/h4-8,12-13H,9-11H2,1-3H3,(H,17,19)(H,20,21). The molecule has 0 aliphatic rings. The largest absolute Gasteiger partial charge is 0.481 e. The number of nitrogens with one attached hydrogen (secondary N) is 1. The Labute approximate surface area is 126 Å². The predicted octanol–water partition coefficient (Wildman–Crippen LogP) is 2.13. The second-order valence-electron chi connectivity index (χ2n) is 5.50. The molecule has 1 aromatic carbocycles. The summed E-state index contributed by atoms with van der Waals surface area (Å²) in [6.07, 6.45) is 0.00189. The smallest absolute Gasteiger partial charge is 0.305 e. The van der Waals surface area contributed by atoms with E-state index in [-0.39, 0.29) is 24.9 Å². The van der Waals surface area contributed by atoms with Gasteiger partial charge in [0.15, 0.2) is 0 Å². The number of carboxylic acid groups (broad SMARTS) is 1. The van der Waals surface area contributed by atoms with Crippen LogP contribution in [-0.4, -0.2) is 36.1 Å². The second kappa shape index (κ2) is 8.29. The molecule has 1 amide bonds. The fraction of sp³-hybridized carbons (Fsp3) is 0.500. The highest BCUT2D eigenvalue weighted by molar-refractivity contribution is 5.81. The minimum atomic E-state index is -0.869. The van der Waals surface area contributed by atoms with Crippen LogP contribution < -0.4 is 10.2 Å². The van der Waals surface area contributed by atoms with Crippen molar-refractivity contribution in [2.75, 3.05) is 18.0 Å². The first-order valence-corrected chi connectivity index (χ1v) is 7.21. The van der Waals surface area contributed by atoms with Gasteiger partial charge in [-0.2, -0.15) is 0 Å². The summed E-state index contributed by atoms with van der Waals surface area (Å²) < 4.78 is 0. The maximum Gasteiger partial charge on any atom is 0.305 e. The molecule has 0 saturated carbocycles. The Morgan fingerprint density at radius 2 is 1.81 bits per heavy atom. The molecule has 0 aliphatic heterocycles. The van der Waals surface area contributed by atoms with Crippen LogP contribution in [0.25, 0.3) is 0 Å². The maximum atomic E-state index is 12.1. The molecule has 116 valence electrons. The topological polar surface area (TPSA) is 69.6 Å². The fourth-order valence-electron chi connectivity index (χ4n) is 1.81. The lowest BCUT2D eigenvalue weighted by molar-refractivity contribution is -0.136. The number of aliphatic carboxylic acids is 1. The van der Waals surface area contributed by atoms with Crippen LogP contribution in [0.15, 0.2) is 30.3 Å². The predicted molar refractivity (Wildman–Crippen MR) is 83.4 cm³/mol. The van der Waals surface area contributed by atoms with E-state index in [4.69, 9.17) is 5.11 Å². The average Bonchev–Trinajstić information content (AvgIpc) is 2.44. The molecular formula is C16H24N2O3. The minimum absolute atomic E-state index is 0.00189. The van der Waals surface area contributed by atoms with E-state index in [2.05, 4.69) is 5.32 Å². The maximum absolute atomic E-state index is 12.1. The zero-order chi connectivity index (χ0) is 15.8. The summed E-state index contributed by atoms with van der Waals surface area (Å²) in [5.74, 6) is -0.601. The summed E-state index contributed by atoms with van der Waals surface area (Å²) >= 11 is 0. The number of carbonyl (C=O) groups excluding carboxylic acids is 1. The van der Waals surface area contributed by atoms with E-state index in [0.717, 1.165) is 5.69 Å². The fourth-order valence-corrected chi connectivity index (χ4v) is 1.81. The highest BCUT2D eigenvalue weighted by atomic mass is 16.4. The van der Waals surface area contributed by atoms with Crippen LogP contribution in [0.5, 0.6) is 0 Å². The van der Waals surface area contributed by atoms with Crippen LogP contribution in [0, 0.1) is 5.92 Å². The average molecular weight is 292 g/mol. The summed E-state index contributed by atoms with van der Waals surface area (Å²) in [5.41, 5.74) is 0.853. The van der Waals surface area contributed by atoms with Crippen LogP contribution in [0.3, 0.4) is 0 Å². The van der Waals surface area contributed by atoms with E-state index >= 15 is 0 Å². The van der Waals surface area contributed by atoms with Gasteiger partial charge in [0.1, 0.15) is 0 Å². The summed E-state index contributed by atoms with van der Waals surface area (Å²) in [4.78, 5) is 24.6. The molecule has 1 unspecified atom stereocenters. The van der Waals surface area contributed by atoms with Crippen molar-refractivity contribution >= 4 is 17.6 Å². The molecule has 0 aliphatic carbocycles. The lowest BCUT2D eigenvalue weighted by atomic mass is 10.1. The molecule has 0 heterocycles. The Hall–Kier alpha value is -2.04. The van der Waals surface area contributed by atoms with Crippen LogP contribution in [0.2, 0.25) is 0 Å². The van der Waals surface area contributed by atoms with Crippen molar-refractivity contribution in [1.82, 2.24) is 5.32 Å². The molecule has 0 spiro atoms. The van der Waals surface area contributed by atoms with Gasteiger partial charge in [-0.05, 0) is 25.0 Å². The Kier molecular flexibility index (Phi) is 6.72. The molecule has 2 N–H and O–H groups in total. The van der Waals surface area contributed by atoms with Crippen LogP contribution >= 0.6 is 0 Å². The summed E-state index contributed by atoms with van der Waals surface area (Å²) in [5, 5.41) is 11.8. The zero-order valence-corrected chi connectivity index (χ0v) is 12.9. The van der Waals surface area contributed by atoms with Gasteiger partial charge >= 0.3 is 5.97 Å². The van der Waals surface area contributed by atoms with Gasteiger partial charge in [-0.3, -0.25) is 9.59 Å². The van der Waals surface area contributed by atoms with E-state index in [0.29, 0.717) is 12.5 Å². The highest BCUT2D eigenvalue weighted by Gasteiger charge is 2.15. The molecule has 5 heteroatoms. The van der Waals surface area contributed by atoms with Gasteiger partial charge in [0.2, 0.25) is 5.91 Å². The third-order valence-corrected chi connectivity index (χ3v) is 3.44. The molecule has 21 heavy (non-hydrogen) atoms. The van der Waals surface area contributed by atoms with Gasteiger partial charge in [-0.25, -0.2) is 0 Å². The molecule has 0 radical (unpaired) electrons. The van der Waals surface area contributed by atoms with E-state index in [9.17, 15) is 9.59 Å². The van der Waals surface area contributed by atoms with Gasteiger partial charge in [0.05, 0.1) is 13.0 Å². The van der Waals surface area contributed by atoms with E-state index in [1.54, 1.807) is 4.90 Å². The van der Waals surface area contributed by atoms with Crippen molar-refractivity contribution in [2.45, 2.75) is 33.2 Å². The normalized spacial score (nSPS) is 12.0. The van der Waals surface area contributed by atoms with Crippen molar-refractivity contribution in [3.05, 3.63) is 30.3 Å². The molecule has 1 rings (SSSR count). The second-order valence-corrected chi connectivity index (χ2v) is 5.50. The molecule has 5 nitrogen and oxygen atoms in total. The number of nitrogens with zero attached hydrogens (tertiary/aromatic N) is 1. The Bertz CT molecular complexity index is 460. The van der Waals surface area contributed by atoms with Gasteiger partial charge in [0, 0.05) is 18.3 Å². The third kappa shape index (κ3) is 6.29. The van der Waals surface area contributed by atoms with Crippen LogP contribution in [0.4, 0.5) is 5.69 Å². The third-order valence-electron chi connectivity index (χ3n) is 3.44. The Morgan fingerprint density at radius 3 is 2.33 bits per heavy atom. The van der Waals surface area contributed by atoms with Crippen molar-refractivity contribution in [1.29, 1.82) is 0 Å². The van der Waals surface area contributed by atoms with Crippen molar-refractivity contribution in [2.24, 2.45) is 5.92 Å². The number of amides is 1. The van der Waals surface area contributed by atoms with Crippen molar-refractivity contribution < 1.29 is 14.7 Å². The molecule has 1 aromatic rings. The molecule has 1 atom stereocenters. The number of benzene rings is 1. The van der Waals surface area contributed by atoms with Gasteiger partial charge in [0.25, 0.3) is 0 Å². The zero-order valence-electron chi connectivity index (χ0n) is 12.9. The number of para-hydroxylation sites is 1. The number of hydrogen-bond donors (Lipinski definition) is 2. The van der Waals surface area contributed by atoms with Gasteiger partial charge in [-0.1, -0.05) is 32.0 Å². The molecule has 0 bridgehead atoms. The number of carboxylic acids is 1. The number of anilines is 1. The first-order valence-electron chi connectivity index (χ1n) is 7.21. The van der Waals surface area contributed by atoms with Gasteiger partial charge in [-0.15, -0.1) is 0 Å². The quantitative estimate of drug-likeness (QED) is 0.770.